The maximum atomic E-state index is 9.64. The van der Waals surface area contributed by atoms with E-state index in [1.807, 2.05) is 6.20 Å². The Balaban J connectivity index is 1.60. The number of hydrogen-bond acceptors (Lipinski definition) is 7. The fourth-order valence-electron chi connectivity index (χ4n) is 4.75. The van der Waals surface area contributed by atoms with E-state index in [1.165, 1.54) is 18.4 Å². The Labute approximate surface area is 209 Å². The van der Waals surface area contributed by atoms with Gasteiger partial charge in [-0.3, -0.25) is 4.90 Å². The van der Waals surface area contributed by atoms with Gasteiger partial charge in [0.05, 0.1) is 24.7 Å². The van der Waals surface area contributed by atoms with Crippen molar-refractivity contribution in [1.29, 1.82) is 0 Å². The number of aliphatic hydroxyl groups excluding tert-OH is 1. The first-order chi connectivity index (χ1) is 16.5. The molecule has 1 aromatic carbocycles. The predicted octanol–water partition coefficient (Wildman–Crippen LogP) is 4.39. The third-order valence-electron chi connectivity index (χ3n) is 6.54. The van der Waals surface area contributed by atoms with Crippen LogP contribution < -0.4 is 15.8 Å². The second-order valence-electron chi connectivity index (χ2n) is 8.96. The summed E-state index contributed by atoms with van der Waals surface area (Å²) in [7, 11) is 1.71. The Morgan fingerprint density at radius 1 is 1.26 bits per heavy atom. The molecule has 1 aliphatic rings. The van der Waals surface area contributed by atoms with E-state index in [0.29, 0.717) is 6.54 Å². The smallest absolute Gasteiger partial charge is 0.222 e. The first-order valence-electron chi connectivity index (χ1n) is 12.1. The Hall–Kier alpha value is -2.36. The molecule has 34 heavy (non-hydrogen) atoms. The number of nitrogen functional groups attached to an aromatic ring is 1. The van der Waals surface area contributed by atoms with Crippen molar-refractivity contribution in [3.63, 3.8) is 0 Å². The van der Waals surface area contributed by atoms with Crippen LogP contribution in [0.25, 0.3) is 11.0 Å². The van der Waals surface area contributed by atoms with Gasteiger partial charge in [0.25, 0.3) is 0 Å². The highest BCUT2D eigenvalue weighted by molar-refractivity contribution is 9.10. The molecule has 2 aromatic heterocycles. The van der Waals surface area contributed by atoms with Gasteiger partial charge in [-0.05, 0) is 53.4 Å². The van der Waals surface area contributed by atoms with Gasteiger partial charge in [-0.15, -0.1) is 0 Å². The molecule has 3 heterocycles. The van der Waals surface area contributed by atoms with Gasteiger partial charge < -0.3 is 25.5 Å². The zero-order chi connectivity index (χ0) is 24.1. The fourth-order valence-corrected chi connectivity index (χ4v) is 5.27. The highest BCUT2D eigenvalue weighted by Gasteiger charge is 2.24. The largest absolute Gasteiger partial charge is 0.496 e. The second kappa shape index (κ2) is 11.4. The number of halogens is 1. The number of methoxy groups -OCH3 is 1. The molecule has 3 aromatic rings. The van der Waals surface area contributed by atoms with E-state index in [4.69, 9.17) is 10.5 Å². The Bertz CT molecular complexity index is 1120. The summed E-state index contributed by atoms with van der Waals surface area (Å²) in [5.74, 6) is 1.86. The van der Waals surface area contributed by atoms with Crippen molar-refractivity contribution < 1.29 is 9.84 Å². The van der Waals surface area contributed by atoms with Crippen LogP contribution in [0.1, 0.15) is 50.2 Å². The van der Waals surface area contributed by atoms with Crippen molar-refractivity contribution in [3.8, 4) is 5.75 Å². The summed E-state index contributed by atoms with van der Waals surface area (Å²) in [5, 5.41) is 13.1. The lowest BCUT2D eigenvalue weighted by Gasteiger charge is -2.23. The van der Waals surface area contributed by atoms with Crippen LogP contribution in [-0.2, 0) is 13.1 Å². The van der Waals surface area contributed by atoms with Crippen molar-refractivity contribution in [1.82, 2.24) is 19.4 Å². The number of benzene rings is 1. The van der Waals surface area contributed by atoms with Gasteiger partial charge in [-0.2, -0.15) is 4.98 Å². The number of fused-ring (bicyclic) bond motifs is 1. The lowest BCUT2D eigenvalue weighted by molar-refractivity contribution is 0.153. The van der Waals surface area contributed by atoms with Gasteiger partial charge in [0.15, 0.2) is 5.82 Å². The minimum atomic E-state index is 0.214. The van der Waals surface area contributed by atoms with Crippen LogP contribution in [0.3, 0.4) is 0 Å². The van der Waals surface area contributed by atoms with Crippen LogP contribution in [0.15, 0.2) is 28.9 Å². The average Bonchev–Trinajstić information content (AvgIpc) is 3.41. The van der Waals surface area contributed by atoms with Crippen molar-refractivity contribution in [2.24, 2.45) is 0 Å². The molecule has 0 aliphatic carbocycles. The van der Waals surface area contributed by atoms with Gasteiger partial charge >= 0.3 is 0 Å². The Kier molecular flexibility index (Phi) is 8.28. The number of anilines is 2. The topological polar surface area (TPSA) is 101 Å². The maximum absolute atomic E-state index is 9.64. The van der Waals surface area contributed by atoms with E-state index >= 15 is 0 Å². The van der Waals surface area contributed by atoms with Crippen LogP contribution in [0.4, 0.5) is 11.8 Å². The highest BCUT2D eigenvalue weighted by atomic mass is 79.9. The normalized spacial score (nSPS) is 16.4. The predicted molar refractivity (Wildman–Crippen MR) is 140 cm³/mol. The molecule has 0 unspecified atom stereocenters. The Morgan fingerprint density at radius 3 is 2.88 bits per heavy atom. The number of likely N-dealkylation sites (tertiary alicyclic amines) is 1. The van der Waals surface area contributed by atoms with E-state index in [1.54, 1.807) is 7.11 Å². The zero-order valence-electron chi connectivity index (χ0n) is 20.1. The first-order valence-corrected chi connectivity index (χ1v) is 12.9. The van der Waals surface area contributed by atoms with Crippen LogP contribution in [0.5, 0.6) is 5.75 Å². The molecule has 1 aliphatic heterocycles. The first kappa shape index (κ1) is 24.8. The van der Waals surface area contributed by atoms with Crippen molar-refractivity contribution in [2.45, 2.75) is 58.2 Å². The average molecular weight is 531 g/mol. The summed E-state index contributed by atoms with van der Waals surface area (Å²) >= 11 is 3.65. The van der Waals surface area contributed by atoms with Crippen LogP contribution >= 0.6 is 15.9 Å². The minimum Gasteiger partial charge on any atom is -0.496 e. The molecule has 1 fully saturated rings. The molecular weight excluding hydrogens is 496 g/mol. The number of rotatable bonds is 11. The molecule has 4 rings (SSSR count). The number of ether oxygens (including phenoxy) is 1. The third-order valence-corrected chi connectivity index (χ3v) is 7.12. The number of aromatic nitrogens is 3. The number of nitrogens with zero attached hydrogens (tertiary/aromatic N) is 4. The van der Waals surface area contributed by atoms with Gasteiger partial charge in [0, 0.05) is 30.9 Å². The fraction of sp³-hybridized carbons (Fsp3) is 0.520. The molecule has 184 valence electrons. The van der Waals surface area contributed by atoms with Gasteiger partial charge in [0.1, 0.15) is 16.8 Å². The molecule has 0 radical (unpaired) electrons. The monoisotopic (exact) mass is 530 g/mol. The van der Waals surface area contributed by atoms with Crippen LogP contribution in [0.2, 0.25) is 0 Å². The molecule has 0 bridgehead atoms. The molecule has 1 saturated heterocycles. The minimum absolute atomic E-state index is 0.214. The summed E-state index contributed by atoms with van der Waals surface area (Å²) in [6.45, 7) is 5.70. The van der Waals surface area contributed by atoms with Gasteiger partial charge in [-0.1, -0.05) is 31.9 Å². The maximum Gasteiger partial charge on any atom is 0.222 e. The standard InChI is InChI=1S/C25H35BrN6O2/c1-3-4-5-10-28-24-23-22(29-25(27)30-24)20(26)15-32(23)14-18-9-8-17(12-21(18)34-2)13-31-11-6-7-19(31)16-33/h8-9,12,15,19,33H,3-7,10-11,13-14,16H2,1-2H3,(H3,27,28,29,30)/t19-/m0/s1. The van der Waals surface area contributed by atoms with Crippen molar-refractivity contribution in [3.05, 3.63) is 40.0 Å². The van der Waals surface area contributed by atoms with E-state index in [9.17, 15) is 5.11 Å². The summed E-state index contributed by atoms with van der Waals surface area (Å²) in [6.07, 6.45) is 7.63. The zero-order valence-corrected chi connectivity index (χ0v) is 21.6. The number of nitrogens with one attached hydrogen (secondary N) is 1. The number of nitrogens with two attached hydrogens (primary N) is 1. The van der Waals surface area contributed by atoms with E-state index < -0.39 is 0 Å². The van der Waals surface area contributed by atoms with Gasteiger partial charge in [0.2, 0.25) is 5.95 Å². The summed E-state index contributed by atoms with van der Waals surface area (Å²) < 4.78 is 8.80. The molecule has 9 heteroatoms. The quantitative estimate of drug-likeness (QED) is 0.316. The number of unbranched alkanes of at least 4 members (excludes halogenated alkanes) is 2. The van der Waals surface area contributed by atoms with E-state index in [-0.39, 0.29) is 18.6 Å². The third kappa shape index (κ3) is 5.47. The lowest BCUT2D eigenvalue weighted by Crippen LogP contribution is -2.31. The lowest BCUT2D eigenvalue weighted by atomic mass is 10.1. The second-order valence-corrected chi connectivity index (χ2v) is 9.82. The number of hydrogen-bond donors (Lipinski definition) is 3. The Morgan fingerprint density at radius 2 is 2.12 bits per heavy atom. The van der Waals surface area contributed by atoms with Crippen molar-refractivity contribution >= 4 is 38.7 Å². The molecule has 8 nitrogen and oxygen atoms in total. The number of aliphatic hydroxyl groups is 1. The summed E-state index contributed by atoms with van der Waals surface area (Å²) in [6, 6.07) is 6.65. The molecule has 0 amide bonds. The molecule has 1 atom stereocenters. The summed E-state index contributed by atoms with van der Waals surface area (Å²) in [4.78, 5) is 11.3. The van der Waals surface area contributed by atoms with Gasteiger partial charge in [-0.25, -0.2) is 4.98 Å². The SMILES string of the molecule is CCCCCNc1nc(N)nc2c(Br)cn(Cc3ccc(CN4CCC[C@H]4CO)cc3OC)c12. The summed E-state index contributed by atoms with van der Waals surface area (Å²) in [5.41, 5.74) is 9.98. The van der Waals surface area contributed by atoms with E-state index in [0.717, 1.165) is 71.5 Å². The molecule has 0 saturated carbocycles. The van der Waals surface area contributed by atoms with E-state index in [2.05, 4.69) is 65.8 Å². The van der Waals surface area contributed by atoms with Crippen molar-refractivity contribution in [2.75, 3.05) is 37.9 Å². The highest BCUT2D eigenvalue weighted by Crippen LogP contribution is 2.32. The molecule has 4 N–H and O–H groups in total. The van der Waals surface area contributed by atoms with Crippen LogP contribution in [-0.4, -0.2) is 57.4 Å². The molecule has 0 spiro atoms. The molecular formula is C25H35BrN6O2. The van der Waals surface area contributed by atoms with Crippen LogP contribution in [0, 0.1) is 0 Å².